The molecule has 8 heteroatoms. The number of carbonyl (C=O) groups is 1. The fraction of sp³-hybridized carbons (Fsp3) is 0.409. The van der Waals surface area contributed by atoms with Crippen molar-refractivity contribution in [3.8, 4) is 11.5 Å². The Bertz CT molecular complexity index is 1050. The number of sulfonamides is 1. The molecular weight excluding hydrogens is 404 g/mol. The van der Waals surface area contributed by atoms with E-state index in [4.69, 9.17) is 9.47 Å². The average Bonchev–Trinajstić information content (AvgIpc) is 2.68. The molecule has 0 aromatic heterocycles. The zero-order valence-corrected chi connectivity index (χ0v) is 18.7. The Morgan fingerprint density at radius 3 is 2.37 bits per heavy atom. The van der Waals surface area contributed by atoms with Gasteiger partial charge in [0, 0.05) is 6.07 Å². The van der Waals surface area contributed by atoms with Crippen LogP contribution in [-0.4, -0.2) is 39.8 Å². The first-order valence-electron chi connectivity index (χ1n) is 9.84. The molecule has 0 saturated carbocycles. The van der Waals surface area contributed by atoms with Gasteiger partial charge in [0.1, 0.15) is 19.3 Å². The molecule has 1 heterocycles. The van der Waals surface area contributed by atoms with E-state index in [1.54, 1.807) is 25.1 Å². The lowest BCUT2D eigenvalue weighted by molar-refractivity contribution is -0.122. The summed E-state index contributed by atoms with van der Waals surface area (Å²) in [4.78, 5) is 13.0. The van der Waals surface area contributed by atoms with E-state index in [9.17, 15) is 13.2 Å². The summed E-state index contributed by atoms with van der Waals surface area (Å²) in [5.41, 5.74) is 3.51. The van der Waals surface area contributed by atoms with E-state index in [-0.39, 0.29) is 11.9 Å². The van der Waals surface area contributed by atoms with Gasteiger partial charge in [0.15, 0.2) is 11.5 Å². The zero-order chi connectivity index (χ0) is 22.1. The molecule has 0 radical (unpaired) electrons. The predicted octanol–water partition coefficient (Wildman–Crippen LogP) is 3.11. The summed E-state index contributed by atoms with van der Waals surface area (Å²) in [6.07, 6.45) is 1.09. The van der Waals surface area contributed by atoms with E-state index in [2.05, 4.69) is 5.32 Å². The summed E-state index contributed by atoms with van der Waals surface area (Å²) < 4.78 is 37.3. The van der Waals surface area contributed by atoms with Gasteiger partial charge >= 0.3 is 0 Å². The van der Waals surface area contributed by atoms with E-state index < -0.39 is 16.1 Å². The number of nitrogens with zero attached hydrogens (tertiary/aromatic N) is 1. The van der Waals surface area contributed by atoms with Crippen molar-refractivity contribution in [3.63, 3.8) is 0 Å². The number of hydrogen-bond acceptors (Lipinski definition) is 5. The molecule has 1 amide bonds. The number of anilines is 1. The highest BCUT2D eigenvalue weighted by molar-refractivity contribution is 7.92. The first-order chi connectivity index (χ1) is 14.1. The number of benzene rings is 2. The molecule has 0 spiro atoms. The van der Waals surface area contributed by atoms with Gasteiger partial charge in [-0.25, -0.2) is 8.42 Å². The molecule has 30 heavy (non-hydrogen) atoms. The molecule has 1 aliphatic heterocycles. The molecular formula is C22H28N2O5S. The van der Waals surface area contributed by atoms with Crippen molar-refractivity contribution in [2.45, 2.75) is 39.8 Å². The molecule has 0 fully saturated rings. The maximum atomic E-state index is 13.0. The Morgan fingerprint density at radius 1 is 1.03 bits per heavy atom. The zero-order valence-electron chi connectivity index (χ0n) is 17.9. The van der Waals surface area contributed by atoms with E-state index >= 15 is 0 Å². The van der Waals surface area contributed by atoms with Crippen molar-refractivity contribution in [1.82, 2.24) is 5.32 Å². The summed E-state index contributed by atoms with van der Waals surface area (Å²) in [6, 6.07) is 9.71. The molecule has 3 rings (SSSR count). The van der Waals surface area contributed by atoms with Crippen LogP contribution in [0.3, 0.4) is 0 Å². The second-order valence-corrected chi connectivity index (χ2v) is 9.51. The summed E-state index contributed by atoms with van der Waals surface area (Å²) in [5.74, 6) is 0.631. The van der Waals surface area contributed by atoms with Crippen LogP contribution >= 0.6 is 0 Å². The molecule has 2 aromatic rings. The third kappa shape index (κ3) is 4.70. The largest absolute Gasteiger partial charge is 0.486 e. The molecule has 0 saturated heterocycles. The number of rotatable bonds is 6. The van der Waals surface area contributed by atoms with Crippen LogP contribution in [0.5, 0.6) is 11.5 Å². The third-order valence-electron chi connectivity index (χ3n) is 5.13. The highest BCUT2D eigenvalue weighted by atomic mass is 32.2. The molecule has 162 valence electrons. The number of ether oxygens (including phenoxy) is 2. The molecule has 0 unspecified atom stereocenters. The number of fused-ring (bicyclic) bond motifs is 1. The molecule has 2 atom stereocenters. The van der Waals surface area contributed by atoms with Crippen LogP contribution in [0.25, 0.3) is 0 Å². The van der Waals surface area contributed by atoms with E-state index in [0.717, 1.165) is 27.3 Å². The van der Waals surface area contributed by atoms with Gasteiger partial charge in [0.05, 0.1) is 18.0 Å². The number of nitrogens with one attached hydrogen (secondary N) is 1. The van der Waals surface area contributed by atoms with Gasteiger partial charge in [-0.3, -0.25) is 9.10 Å². The summed E-state index contributed by atoms with van der Waals surface area (Å²) in [7, 11) is -3.73. The lowest BCUT2D eigenvalue weighted by atomic mass is 10.00. The van der Waals surface area contributed by atoms with Crippen LogP contribution in [0.15, 0.2) is 36.4 Å². The molecule has 1 N–H and O–H groups in total. The lowest BCUT2D eigenvalue weighted by Gasteiger charge is -2.30. The Balaban J connectivity index is 1.86. The number of amides is 1. The maximum Gasteiger partial charge on any atom is 0.244 e. The molecule has 0 aliphatic carbocycles. The summed E-state index contributed by atoms with van der Waals surface area (Å²) in [5, 5.41) is 2.95. The van der Waals surface area contributed by atoms with Crippen molar-refractivity contribution < 1.29 is 22.7 Å². The predicted molar refractivity (Wildman–Crippen MR) is 117 cm³/mol. The minimum Gasteiger partial charge on any atom is -0.486 e. The topological polar surface area (TPSA) is 84.9 Å². The van der Waals surface area contributed by atoms with Gasteiger partial charge in [0.25, 0.3) is 0 Å². The first-order valence-corrected chi connectivity index (χ1v) is 11.7. The standard InChI is InChI=1S/C22H28N2O5S/c1-14-6-7-15(2)19(12-14)16(3)23-22(25)17(4)24(30(5,26)27)18-8-9-20-21(13-18)29-11-10-28-20/h6-9,12-13,16-17H,10-11H2,1-5H3,(H,23,25)/t16-,17-/m0/s1. The van der Waals surface area contributed by atoms with Crippen molar-refractivity contribution in [2.24, 2.45) is 0 Å². The minimum absolute atomic E-state index is 0.262. The van der Waals surface area contributed by atoms with Crippen LogP contribution < -0.4 is 19.1 Å². The monoisotopic (exact) mass is 432 g/mol. The highest BCUT2D eigenvalue weighted by Crippen LogP contribution is 2.35. The average molecular weight is 433 g/mol. The van der Waals surface area contributed by atoms with Crippen molar-refractivity contribution >= 4 is 21.6 Å². The SMILES string of the molecule is Cc1ccc(C)c([C@H](C)NC(=O)[C@H](C)N(c2ccc3c(c2)OCCO3)S(C)(=O)=O)c1. The van der Waals surface area contributed by atoms with Gasteiger partial charge in [-0.15, -0.1) is 0 Å². The van der Waals surface area contributed by atoms with Crippen LogP contribution in [0.4, 0.5) is 5.69 Å². The second kappa shape index (κ2) is 8.55. The molecule has 7 nitrogen and oxygen atoms in total. The van der Waals surface area contributed by atoms with E-state index in [1.807, 2.05) is 39.0 Å². The fourth-order valence-electron chi connectivity index (χ4n) is 3.62. The van der Waals surface area contributed by atoms with Gasteiger partial charge in [-0.2, -0.15) is 0 Å². The Labute approximate surface area is 178 Å². The molecule has 0 bridgehead atoms. The van der Waals surface area contributed by atoms with Crippen LogP contribution in [0.1, 0.15) is 36.6 Å². The second-order valence-electron chi connectivity index (χ2n) is 7.65. The first kappa shape index (κ1) is 22.0. The summed E-state index contributed by atoms with van der Waals surface area (Å²) >= 11 is 0. The minimum atomic E-state index is -3.73. The number of carbonyl (C=O) groups excluding carboxylic acids is 1. The van der Waals surface area contributed by atoms with Crippen LogP contribution in [0.2, 0.25) is 0 Å². The molecule has 1 aliphatic rings. The van der Waals surface area contributed by atoms with Crippen LogP contribution in [0, 0.1) is 13.8 Å². The van der Waals surface area contributed by atoms with Gasteiger partial charge < -0.3 is 14.8 Å². The Kier molecular flexibility index (Phi) is 6.26. The van der Waals surface area contributed by atoms with Crippen molar-refractivity contribution in [2.75, 3.05) is 23.8 Å². The fourth-order valence-corrected chi connectivity index (χ4v) is 4.78. The Morgan fingerprint density at radius 2 is 1.70 bits per heavy atom. The van der Waals surface area contributed by atoms with Gasteiger partial charge in [0.2, 0.25) is 15.9 Å². The van der Waals surface area contributed by atoms with Gasteiger partial charge in [-0.05, 0) is 51.0 Å². The maximum absolute atomic E-state index is 13.0. The third-order valence-corrected chi connectivity index (χ3v) is 6.37. The van der Waals surface area contributed by atoms with Gasteiger partial charge in [-0.1, -0.05) is 23.8 Å². The van der Waals surface area contributed by atoms with E-state index in [0.29, 0.717) is 30.4 Å². The Hall–Kier alpha value is -2.74. The van der Waals surface area contributed by atoms with Crippen molar-refractivity contribution in [3.05, 3.63) is 53.1 Å². The number of aryl methyl sites for hydroxylation is 2. The molecule has 2 aromatic carbocycles. The highest BCUT2D eigenvalue weighted by Gasteiger charge is 2.31. The smallest absolute Gasteiger partial charge is 0.244 e. The van der Waals surface area contributed by atoms with Crippen LogP contribution in [-0.2, 0) is 14.8 Å². The number of hydrogen-bond donors (Lipinski definition) is 1. The van der Waals surface area contributed by atoms with E-state index in [1.165, 1.54) is 0 Å². The normalized spacial score (nSPS) is 15.2. The summed E-state index contributed by atoms with van der Waals surface area (Å²) in [6.45, 7) is 8.27. The van der Waals surface area contributed by atoms with Crippen molar-refractivity contribution in [1.29, 1.82) is 0 Å². The lowest BCUT2D eigenvalue weighted by Crippen LogP contribution is -2.48. The quantitative estimate of drug-likeness (QED) is 0.758.